The predicted octanol–water partition coefficient (Wildman–Crippen LogP) is 2.53. The minimum absolute atomic E-state index is 0.243. The zero-order valence-electron chi connectivity index (χ0n) is 19.7. The van der Waals surface area contributed by atoms with Crippen LogP contribution in [-0.4, -0.2) is 44.1 Å². The lowest BCUT2D eigenvalue weighted by atomic mass is 10.1. The number of carbonyl (C=O) groups excluding carboxylic acids is 2. The molecule has 178 valence electrons. The molecule has 34 heavy (non-hydrogen) atoms. The molecule has 9 nitrogen and oxygen atoms in total. The molecule has 1 unspecified atom stereocenters. The van der Waals surface area contributed by atoms with Crippen LogP contribution in [0, 0.1) is 20.8 Å². The minimum Gasteiger partial charge on any atom is -0.368 e. The maximum absolute atomic E-state index is 13.1. The van der Waals surface area contributed by atoms with E-state index in [1.165, 1.54) is 16.0 Å². The second kappa shape index (κ2) is 9.47. The number of aryl methyl sites for hydroxylation is 3. The van der Waals surface area contributed by atoms with Gasteiger partial charge in [-0.05, 0) is 63.4 Å². The number of benzene rings is 1. The molecule has 4 rings (SSSR count). The predicted molar refractivity (Wildman–Crippen MR) is 132 cm³/mol. The van der Waals surface area contributed by atoms with Crippen LogP contribution in [0.2, 0.25) is 0 Å². The Morgan fingerprint density at radius 1 is 1.24 bits per heavy atom. The molecule has 2 amide bonds. The number of nitrogens with zero attached hydrogens (tertiary/aromatic N) is 4. The second-order valence-electron chi connectivity index (χ2n) is 8.63. The van der Waals surface area contributed by atoms with Crippen LogP contribution in [0.25, 0.3) is 10.6 Å². The van der Waals surface area contributed by atoms with Crippen molar-refractivity contribution >= 4 is 28.8 Å². The fraction of sp³-hybridized carbons (Fsp3) is 0.375. The molecule has 0 bridgehead atoms. The summed E-state index contributed by atoms with van der Waals surface area (Å²) < 4.78 is 1.29. The number of rotatable bonds is 6. The Kier molecular flexibility index (Phi) is 6.63. The van der Waals surface area contributed by atoms with Gasteiger partial charge in [-0.15, -0.1) is 11.3 Å². The number of aromatic nitrogens is 3. The fourth-order valence-corrected chi connectivity index (χ4v) is 5.38. The van der Waals surface area contributed by atoms with Gasteiger partial charge >= 0.3 is 0 Å². The standard InChI is InChI=1S/C24H28N6O3S/c1-13-14(2)28-29(4)24(33)19(13)23-26-15(3)20(34-23)22(32)27-17-8-5-7-16(11-17)12-30-10-6-9-18(30)21(25)31/h5,7-8,11,18H,6,9-10,12H2,1-4H3,(H2,25,31)(H,27,32). The molecule has 10 heteroatoms. The summed E-state index contributed by atoms with van der Waals surface area (Å²) >= 11 is 1.20. The molecule has 1 saturated heterocycles. The lowest BCUT2D eigenvalue weighted by Gasteiger charge is -2.22. The van der Waals surface area contributed by atoms with Gasteiger partial charge in [0.05, 0.1) is 23.0 Å². The van der Waals surface area contributed by atoms with Crippen LogP contribution in [0.15, 0.2) is 29.1 Å². The highest BCUT2D eigenvalue weighted by Crippen LogP contribution is 2.29. The first kappa shape index (κ1) is 23.8. The van der Waals surface area contributed by atoms with E-state index in [4.69, 9.17) is 5.73 Å². The third kappa shape index (κ3) is 4.64. The molecule has 1 aliphatic rings. The highest BCUT2D eigenvalue weighted by Gasteiger charge is 2.29. The van der Waals surface area contributed by atoms with Gasteiger partial charge in [0.1, 0.15) is 9.88 Å². The van der Waals surface area contributed by atoms with Crippen LogP contribution in [0.4, 0.5) is 5.69 Å². The number of hydrogen-bond acceptors (Lipinski definition) is 7. The Morgan fingerprint density at radius 2 is 2.00 bits per heavy atom. The van der Waals surface area contributed by atoms with Crippen LogP contribution in [0.3, 0.4) is 0 Å². The van der Waals surface area contributed by atoms with Crippen molar-refractivity contribution in [1.82, 2.24) is 19.7 Å². The summed E-state index contributed by atoms with van der Waals surface area (Å²) in [6, 6.07) is 7.31. The fourth-order valence-electron chi connectivity index (χ4n) is 4.32. The van der Waals surface area contributed by atoms with Crippen LogP contribution >= 0.6 is 11.3 Å². The van der Waals surface area contributed by atoms with Crippen LogP contribution in [-0.2, 0) is 18.4 Å². The molecule has 3 N–H and O–H groups in total. The first-order valence-electron chi connectivity index (χ1n) is 11.1. The molecular formula is C24H28N6O3S. The van der Waals surface area contributed by atoms with Crippen molar-refractivity contribution in [3.8, 4) is 10.6 Å². The largest absolute Gasteiger partial charge is 0.368 e. The number of thiazole rings is 1. The molecule has 3 heterocycles. The zero-order valence-corrected chi connectivity index (χ0v) is 20.5. The van der Waals surface area contributed by atoms with Crippen LogP contribution in [0.1, 0.15) is 45.0 Å². The topological polar surface area (TPSA) is 123 Å². The molecule has 0 radical (unpaired) electrons. The number of carbonyl (C=O) groups is 2. The van der Waals surface area contributed by atoms with E-state index in [0.29, 0.717) is 33.4 Å². The highest BCUT2D eigenvalue weighted by atomic mass is 32.1. The SMILES string of the molecule is Cc1nc(-c2c(C)c(C)nn(C)c2=O)sc1C(=O)Nc1cccc(CN2CCCC2C(N)=O)c1. The van der Waals surface area contributed by atoms with Crippen LogP contribution < -0.4 is 16.6 Å². The van der Waals surface area contributed by atoms with Gasteiger partial charge in [0, 0.05) is 19.3 Å². The first-order chi connectivity index (χ1) is 16.2. The average molecular weight is 481 g/mol. The van der Waals surface area contributed by atoms with E-state index < -0.39 is 0 Å². The molecule has 0 aliphatic carbocycles. The molecule has 0 spiro atoms. The van der Waals surface area contributed by atoms with Crippen molar-refractivity contribution in [2.24, 2.45) is 12.8 Å². The van der Waals surface area contributed by atoms with Gasteiger partial charge in [0.25, 0.3) is 11.5 Å². The van der Waals surface area contributed by atoms with Gasteiger partial charge in [0.2, 0.25) is 5.91 Å². The molecule has 1 aliphatic heterocycles. The smallest absolute Gasteiger partial charge is 0.277 e. The quantitative estimate of drug-likeness (QED) is 0.559. The van der Waals surface area contributed by atoms with Crippen LogP contribution in [0.5, 0.6) is 0 Å². The lowest BCUT2D eigenvalue weighted by Crippen LogP contribution is -2.39. The summed E-state index contributed by atoms with van der Waals surface area (Å²) in [4.78, 5) is 44.5. The summed E-state index contributed by atoms with van der Waals surface area (Å²) in [5.41, 5.74) is 9.45. The Balaban J connectivity index is 1.55. The number of primary amides is 1. The summed E-state index contributed by atoms with van der Waals surface area (Å²) in [6.07, 6.45) is 1.72. The third-order valence-corrected chi connectivity index (χ3v) is 7.38. The third-order valence-electron chi connectivity index (χ3n) is 6.20. The van der Waals surface area contributed by atoms with E-state index in [9.17, 15) is 14.4 Å². The number of likely N-dealkylation sites (tertiary alicyclic amines) is 1. The van der Waals surface area contributed by atoms with E-state index >= 15 is 0 Å². The summed E-state index contributed by atoms with van der Waals surface area (Å²) in [7, 11) is 1.60. The maximum Gasteiger partial charge on any atom is 0.277 e. The Labute approximate surface area is 201 Å². The zero-order chi connectivity index (χ0) is 24.6. The number of hydrogen-bond donors (Lipinski definition) is 2. The number of anilines is 1. The van der Waals surface area contributed by atoms with Gasteiger partial charge in [-0.2, -0.15) is 5.10 Å². The Morgan fingerprint density at radius 3 is 2.74 bits per heavy atom. The molecule has 1 aromatic carbocycles. The van der Waals surface area contributed by atoms with Crippen molar-refractivity contribution in [3.63, 3.8) is 0 Å². The highest BCUT2D eigenvalue weighted by molar-refractivity contribution is 7.17. The van der Waals surface area contributed by atoms with Gasteiger partial charge < -0.3 is 11.1 Å². The number of nitrogens with one attached hydrogen (secondary N) is 1. The first-order valence-corrected chi connectivity index (χ1v) is 11.9. The molecule has 3 aromatic rings. The van der Waals surface area contributed by atoms with Gasteiger partial charge in [-0.3, -0.25) is 19.3 Å². The Bertz CT molecular complexity index is 1330. The van der Waals surface area contributed by atoms with Gasteiger partial charge in [-0.1, -0.05) is 12.1 Å². The van der Waals surface area contributed by atoms with Crippen molar-refractivity contribution in [2.45, 2.75) is 46.2 Å². The van der Waals surface area contributed by atoms with Gasteiger partial charge in [-0.25, -0.2) is 9.67 Å². The minimum atomic E-state index is -0.298. The number of amides is 2. The summed E-state index contributed by atoms with van der Waals surface area (Å²) in [6.45, 7) is 6.85. The normalized spacial score (nSPS) is 16.1. The summed E-state index contributed by atoms with van der Waals surface area (Å²) in [5.74, 6) is -0.581. The number of nitrogens with two attached hydrogens (primary N) is 1. The monoisotopic (exact) mass is 480 g/mol. The van der Waals surface area contributed by atoms with Crippen molar-refractivity contribution in [3.05, 3.63) is 62.0 Å². The molecule has 1 fully saturated rings. The van der Waals surface area contributed by atoms with E-state index in [1.807, 2.05) is 38.1 Å². The van der Waals surface area contributed by atoms with E-state index in [-0.39, 0.29) is 23.4 Å². The second-order valence-corrected chi connectivity index (χ2v) is 9.63. The van der Waals surface area contributed by atoms with Crippen molar-refractivity contribution in [1.29, 1.82) is 0 Å². The Hall–Kier alpha value is -3.37. The summed E-state index contributed by atoms with van der Waals surface area (Å²) in [5, 5.41) is 7.66. The van der Waals surface area contributed by atoms with Crippen molar-refractivity contribution in [2.75, 3.05) is 11.9 Å². The van der Waals surface area contributed by atoms with E-state index in [2.05, 4.69) is 20.3 Å². The maximum atomic E-state index is 13.1. The van der Waals surface area contributed by atoms with E-state index in [1.54, 1.807) is 14.0 Å². The van der Waals surface area contributed by atoms with E-state index in [0.717, 1.165) is 36.2 Å². The van der Waals surface area contributed by atoms with Gasteiger partial charge in [0.15, 0.2) is 0 Å². The lowest BCUT2D eigenvalue weighted by molar-refractivity contribution is -0.122. The molecule has 2 aromatic heterocycles. The molecule has 0 saturated carbocycles. The average Bonchev–Trinajstić information content (AvgIpc) is 3.39. The molecular weight excluding hydrogens is 452 g/mol. The molecule has 1 atom stereocenters. The van der Waals surface area contributed by atoms with Crippen molar-refractivity contribution < 1.29 is 9.59 Å².